The Labute approximate surface area is 231 Å². The summed E-state index contributed by atoms with van der Waals surface area (Å²) >= 11 is 0. The molecule has 3 nitrogen and oxygen atoms in total. The summed E-state index contributed by atoms with van der Waals surface area (Å²) in [5.41, 5.74) is 8.87. The highest BCUT2D eigenvalue weighted by Crippen LogP contribution is 2.37. The van der Waals surface area contributed by atoms with E-state index in [1.807, 2.05) is 12.1 Å². The Kier molecular flexibility index (Phi) is 6.46. The van der Waals surface area contributed by atoms with E-state index in [1.54, 1.807) is 0 Å². The van der Waals surface area contributed by atoms with E-state index in [9.17, 15) is 0 Å². The topological polar surface area (TPSA) is 31.4 Å². The van der Waals surface area contributed by atoms with Crippen LogP contribution in [0.3, 0.4) is 0 Å². The second-order valence-electron chi connectivity index (χ2n) is 11.1. The fraction of sp³-hybridized carbons (Fsp3) is 0.171. The zero-order valence-corrected chi connectivity index (χ0v) is 22.9. The van der Waals surface area contributed by atoms with Gasteiger partial charge in [0.25, 0.3) is 0 Å². The van der Waals surface area contributed by atoms with Crippen molar-refractivity contribution in [2.45, 2.75) is 38.9 Å². The monoisotopic (exact) mass is 509 g/mol. The minimum absolute atomic E-state index is 0.391. The Morgan fingerprint density at radius 1 is 0.462 bits per heavy atom. The molecule has 39 heavy (non-hydrogen) atoms. The summed E-state index contributed by atoms with van der Waals surface area (Å²) in [5, 5.41) is 0. The van der Waals surface area contributed by atoms with E-state index < -0.39 is 18.3 Å². The van der Waals surface area contributed by atoms with Crippen molar-refractivity contribution in [2.24, 2.45) is 0 Å². The van der Waals surface area contributed by atoms with Gasteiger partial charge in [-0.3, -0.25) is 0 Å². The quantitative estimate of drug-likeness (QED) is 0.225. The Morgan fingerprint density at radius 2 is 0.923 bits per heavy atom. The summed E-state index contributed by atoms with van der Waals surface area (Å²) in [5.74, 6) is 0. The van der Waals surface area contributed by atoms with E-state index >= 15 is 0 Å². The van der Waals surface area contributed by atoms with Gasteiger partial charge in [0.05, 0.1) is 22.6 Å². The minimum atomic E-state index is -0.419. The highest BCUT2D eigenvalue weighted by molar-refractivity contribution is 6.62. The summed E-state index contributed by atoms with van der Waals surface area (Å²) in [7, 11) is -0.419. The summed E-state index contributed by atoms with van der Waals surface area (Å²) in [6, 6.07) is 42.3. The van der Waals surface area contributed by atoms with Crippen molar-refractivity contribution in [2.75, 3.05) is 0 Å². The van der Waals surface area contributed by atoms with Crippen molar-refractivity contribution < 1.29 is 9.31 Å². The molecule has 0 N–H and O–H groups in total. The third-order valence-corrected chi connectivity index (χ3v) is 7.93. The lowest BCUT2D eigenvalue weighted by Crippen LogP contribution is -2.41. The Morgan fingerprint density at radius 3 is 1.51 bits per heavy atom. The molecule has 1 aromatic heterocycles. The zero-order chi connectivity index (χ0) is 27.0. The van der Waals surface area contributed by atoms with Crippen LogP contribution in [0.15, 0.2) is 121 Å². The second kappa shape index (κ2) is 9.96. The molecule has 192 valence electrons. The fourth-order valence-corrected chi connectivity index (χ4v) is 4.91. The molecule has 1 saturated heterocycles. The van der Waals surface area contributed by atoms with E-state index in [2.05, 4.69) is 137 Å². The molecule has 1 aliphatic heterocycles. The molecular weight excluding hydrogens is 477 g/mol. The van der Waals surface area contributed by atoms with Crippen molar-refractivity contribution in [1.29, 1.82) is 0 Å². The second-order valence-corrected chi connectivity index (χ2v) is 11.1. The molecule has 2 heterocycles. The van der Waals surface area contributed by atoms with Crippen molar-refractivity contribution >= 4 is 12.6 Å². The minimum Gasteiger partial charge on any atom is -0.399 e. The van der Waals surface area contributed by atoms with Crippen LogP contribution in [-0.2, 0) is 9.31 Å². The van der Waals surface area contributed by atoms with Crippen LogP contribution in [0.1, 0.15) is 27.7 Å². The highest BCUT2D eigenvalue weighted by atomic mass is 16.7. The van der Waals surface area contributed by atoms with E-state index in [-0.39, 0.29) is 0 Å². The van der Waals surface area contributed by atoms with Gasteiger partial charge in [-0.1, -0.05) is 109 Å². The molecule has 5 aromatic rings. The number of pyridine rings is 1. The summed E-state index contributed by atoms with van der Waals surface area (Å²) in [4.78, 5) is 5.11. The maximum absolute atomic E-state index is 6.33. The van der Waals surface area contributed by atoms with Crippen LogP contribution in [-0.4, -0.2) is 23.3 Å². The van der Waals surface area contributed by atoms with Gasteiger partial charge in [0.15, 0.2) is 0 Å². The predicted molar refractivity (Wildman–Crippen MR) is 162 cm³/mol. The van der Waals surface area contributed by atoms with E-state index in [0.717, 1.165) is 39.1 Å². The first-order valence-electron chi connectivity index (χ1n) is 13.5. The fourth-order valence-electron chi connectivity index (χ4n) is 4.91. The van der Waals surface area contributed by atoms with Crippen LogP contribution < -0.4 is 5.46 Å². The predicted octanol–water partition coefficient (Wildman–Crippen LogP) is 8.05. The molecule has 0 saturated carbocycles. The van der Waals surface area contributed by atoms with E-state index in [1.165, 1.54) is 11.1 Å². The molecule has 0 amide bonds. The lowest BCUT2D eigenvalue weighted by atomic mass is 9.78. The van der Waals surface area contributed by atoms with Crippen LogP contribution in [0.5, 0.6) is 0 Å². The molecule has 4 aromatic carbocycles. The number of rotatable bonds is 5. The standard InChI is InChI=1S/C35H32BNO2/c1-34(2)35(3,4)39-36(38-34)31-17-11-16-29(22-31)33-24-30(23-32(37-33)28-14-9-6-10-15-28)27-20-18-26(19-21-27)25-12-7-5-8-13-25/h5-24H,1-4H3. The number of hydrogen-bond donors (Lipinski definition) is 0. The van der Waals surface area contributed by atoms with Gasteiger partial charge in [0.2, 0.25) is 0 Å². The Hall–Kier alpha value is -3.99. The normalized spacial score (nSPS) is 15.8. The molecule has 0 radical (unpaired) electrons. The van der Waals surface area contributed by atoms with Crippen LogP contribution in [0.4, 0.5) is 0 Å². The maximum atomic E-state index is 6.33. The van der Waals surface area contributed by atoms with Gasteiger partial charge in [-0.25, -0.2) is 4.98 Å². The van der Waals surface area contributed by atoms with Gasteiger partial charge in [-0.15, -0.1) is 0 Å². The summed E-state index contributed by atoms with van der Waals surface area (Å²) < 4.78 is 12.7. The van der Waals surface area contributed by atoms with Crippen molar-refractivity contribution in [3.8, 4) is 44.8 Å². The van der Waals surface area contributed by atoms with Crippen LogP contribution in [0, 0.1) is 0 Å². The molecule has 0 atom stereocenters. The lowest BCUT2D eigenvalue weighted by Gasteiger charge is -2.32. The van der Waals surface area contributed by atoms with Gasteiger partial charge in [0.1, 0.15) is 0 Å². The zero-order valence-electron chi connectivity index (χ0n) is 22.9. The van der Waals surface area contributed by atoms with Gasteiger partial charge in [0, 0.05) is 5.56 Å². The molecule has 4 heteroatoms. The molecule has 0 bridgehead atoms. The first-order chi connectivity index (χ1) is 18.8. The number of hydrogen-bond acceptors (Lipinski definition) is 3. The number of nitrogens with zero attached hydrogens (tertiary/aromatic N) is 1. The molecule has 6 rings (SSSR count). The molecule has 0 aliphatic carbocycles. The lowest BCUT2D eigenvalue weighted by molar-refractivity contribution is 0.00578. The van der Waals surface area contributed by atoms with Crippen LogP contribution >= 0.6 is 0 Å². The van der Waals surface area contributed by atoms with Gasteiger partial charge >= 0.3 is 7.12 Å². The number of benzene rings is 4. The van der Waals surface area contributed by atoms with Crippen LogP contribution in [0.25, 0.3) is 44.8 Å². The first-order valence-corrected chi connectivity index (χ1v) is 13.5. The molecule has 1 fully saturated rings. The Balaban J connectivity index is 1.41. The average Bonchev–Trinajstić information content (AvgIpc) is 3.20. The average molecular weight is 509 g/mol. The van der Waals surface area contributed by atoms with Gasteiger partial charge < -0.3 is 9.31 Å². The van der Waals surface area contributed by atoms with Gasteiger partial charge in [-0.2, -0.15) is 0 Å². The molecule has 0 unspecified atom stereocenters. The summed E-state index contributed by atoms with van der Waals surface area (Å²) in [6.07, 6.45) is 0. The van der Waals surface area contributed by atoms with E-state index in [0.29, 0.717) is 0 Å². The number of aromatic nitrogens is 1. The SMILES string of the molecule is CC1(C)OB(c2cccc(-c3cc(-c4ccc(-c5ccccc5)cc4)cc(-c4ccccc4)n3)c2)OC1(C)C. The summed E-state index contributed by atoms with van der Waals surface area (Å²) in [6.45, 7) is 8.32. The van der Waals surface area contributed by atoms with E-state index in [4.69, 9.17) is 14.3 Å². The maximum Gasteiger partial charge on any atom is 0.494 e. The van der Waals surface area contributed by atoms with Crippen molar-refractivity contribution in [3.63, 3.8) is 0 Å². The first kappa shape index (κ1) is 25.3. The molecule has 0 spiro atoms. The third-order valence-electron chi connectivity index (χ3n) is 7.93. The highest BCUT2D eigenvalue weighted by Gasteiger charge is 2.51. The molecular formula is C35H32BNO2. The van der Waals surface area contributed by atoms with Crippen molar-refractivity contribution in [3.05, 3.63) is 121 Å². The smallest absolute Gasteiger partial charge is 0.399 e. The Bertz CT molecular complexity index is 1580. The van der Waals surface area contributed by atoms with Gasteiger partial charge in [-0.05, 0) is 73.1 Å². The molecule has 1 aliphatic rings. The third kappa shape index (κ3) is 5.06. The van der Waals surface area contributed by atoms with Crippen molar-refractivity contribution in [1.82, 2.24) is 4.98 Å². The largest absolute Gasteiger partial charge is 0.494 e. The van der Waals surface area contributed by atoms with Crippen LogP contribution in [0.2, 0.25) is 0 Å².